The van der Waals surface area contributed by atoms with Crippen molar-refractivity contribution in [2.24, 2.45) is 0 Å². The third kappa shape index (κ3) is 2.57. The molecule has 2 aliphatic heterocycles. The minimum absolute atomic E-state index is 0.0143. The number of Topliss-reactive ketones (excluding diaryl/α,β-unsaturated/α-hetero) is 1. The van der Waals surface area contributed by atoms with Gasteiger partial charge in [-0.25, -0.2) is 4.79 Å². The molecule has 4 amide bonds. The molecule has 0 aromatic heterocycles. The Kier molecular flexibility index (Phi) is 3.41. The summed E-state index contributed by atoms with van der Waals surface area (Å²) in [6, 6.07) is 3.74. The molecule has 1 atom stereocenters. The van der Waals surface area contributed by atoms with Crippen molar-refractivity contribution < 1.29 is 29.0 Å². The van der Waals surface area contributed by atoms with Gasteiger partial charge >= 0.3 is 6.03 Å². The Balaban J connectivity index is 1.82. The van der Waals surface area contributed by atoms with Gasteiger partial charge in [0.05, 0.1) is 6.42 Å². The second-order valence-corrected chi connectivity index (χ2v) is 5.65. The molecule has 2 aliphatic rings. The molecule has 1 aromatic rings. The van der Waals surface area contributed by atoms with Crippen LogP contribution in [0.15, 0.2) is 18.2 Å². The fourth-order valence-corrected chi connectivity index (χ4v) is 2.64. The van der Waals surface area contributed by atoms with Gasteiger partial charge < -0.3 is 9.84 Å². The van der Waals surface area contributed by atoms with Crippen LogP contribution in [0.2, 0.25) is 0 Å². The number of fused-ring (bicyclic) bond motifs is 1. The Bertz CT molecular complexity index is 721. The van der Waals surface area contributed by atoms with Crippen LogP contribution in [-0.2, 0) is 16.0 Å². The summed E-state index contributed by atoms with van der Waals surface area (Å²) < 4.78 is 5.53. The highest BCUT2D eigenvalue weighted by atomic mass is 16.5. The molecule has 0 bridgehead atoms. The van der Waals surface area contributed by atoms with E-state index < -0.39 is 35.7 Å². The van der Waals surface area contributed by atoms with E-state index in [0.717, 1.165) is 5.56 Å². The normalized spacial score (nSPS) is 22.0. The monoisotopic (exact) mass is 318 g/mol. The van der Waals surface area contributed by atoms with Crippen molar-refractivity contribution in [2.75, 3.05) is 0 Å². The number of carbonyl (C=O) groups is 4. The lowest BCUT2D eigenvalue weighted by Gasteiger charge is -2.28. The molecule has 1 saturated heterocycles. The summed E-state index contributed by atoms with van der Waals surface area (Å²) in [5.41, 5.74) is -1.50. The van der Waals surface area contributed by atoms with Crippen molar-refractivity contribution in [2.45, 2.75) is 31.5 Å². The summed E-state index contributed by atoms with van der Waals surface area (Å²) in [6.07, 6.45) is -0.0935. The molecule has 3 rings (SSSR count). The molecule has 0 saturated carbocycles. The van der Waals surface area contributed by atoms with Gasteiger partial charge in [0.25, 0.3) is 11.8 Å². The predicted molar refractivity (Wildman–Crippen MR) is 75.8 cm³/mol. The summed E-state index contributed by atoms with van der Waals surface area (Å²) >= 11 is 0. The number of hydrogen-bond donors (Lipinski definition) is 3. The smallest absolute Gasteiger partial charge is 0.328 e. The lowest BCUT2D eigenvalue weighted by molar-refractivity contribution is -0.154. The number of aliphatic hydroxyl groups is 1. The third-order valence-corrected chi connectivity index (χ3v) is 3.84. The van der Waals surface area contributed by atoms with E-state index in [-0.39, 0.29) is 11.7 Å². The molecule has 1 fully saturated rings. The first-order valence-corrected chi connectivity index (χ1v) is 7.01. The number of amides is 4. The van der Waals surface area contributed by atoms with Gasteiger partial charge in [-0.15, -0.1) is 0 Å². The standard InChI is InChI=1S/C15H14N2O6/c1-7-4-9-5-8(2-3-11(9)23-7)10(18)6-15(22)12(19)16-14(21)17-13(15)20/h2-3,5,7,22H,4,6H2,1H3,(H2,16,17,19,20,21)/t7-/m0/s1. The molecule has 23 heavy (non-hydrogen) atoms. The van der Waals surface area contributed by atoms with Crippen molar-refractivity contribution >= 4 is 23.6 Å². The molecular formula is C15H14N2O6. The van der Waals surface area contributed by atoms with E-state index in [4.69, 9.17) is 4.74 Å². The van der Waals surface area contributed by atoms with Gasteiger partial charge in [-0.05, 0) is 30.7 Å². The minimum atomic E-state index is -2.60. The van der Waals surface area contributed by atoms with Gasteiger partial charge in [0.1, 0.15) is 11.9 Å². The second-order valence-electron chi connectivity index (χ2n) is 5.65. The Morgan fingerprint density at radius 1 is 1.30 bits per heavy atom. The maximum atomic E-state index is 12.3. The molecule has 120 valence electrons. The number of ketones is 1. The summed E-state index contributed by atoms with van der Waals surface area (Å²) in [5.74, 6) is -2.32. The lowest BCUT2D eigenvalue weighted by atomic mass is 9.90. The number of imide groups is 2. The summed E-state index contributed by atoms with van der Waals surface area (Å²) in [6.45, 7) is 1.90. The minimum Gasteiger partial charge on any atom is -0.490 e. The molecule has 2 heterocycles. The number of rotatable bonds is 3. The van der Waals surface area contributed by atoms with E-state index >= 15 is 0 Å². The molecular weight excluding hydrogens is 304 g/mol. The topological polar surface area (TPSA) is 122 Å². The molecule has 8 heteroatoms. The number of nitrogens with one attached hydrogen (secondary N) is 2. The van der Waals surface area contributed by atoms with Gasteiger partial charge in [-0.2, -0.15) is 0 Å². The predicted octanol–water partition coefficient (Wildman–Crippen LogP) is -0.320. The summed E-state index contributed by atoms with van der Waals surface area (Å²) in [4.78, 5) is 46.8. The first-order chi connectivity index (χ1) is 10.8. The molecule has 3 N–H and O–H groups in total. The van der Waals surface area contributed by atoms with E-state index in [9.17, 15) is 24.3 Å². The molecule has 1 aromatic carbocycles. The quantitative estimate of drug-likeness (QED) is 0.519. The number of barbiturate groups is 1. The summed E-state index contributed by atoms with van der Waals surface area (Å²) in [5, 5.41) is 13.7. The molecule has 0 radical (unpaired) electrons. The van der Waals surface area contributed by atoms with Gasteiger partial charge in [-0.3, -0.25) is 25.0 Å². The number of ether oxygens (including phenoxy) is 1. The number of urea groups is 1. The van der Waals surface area contributed by atoms with E-state index in [2.05, 4.69) is 0 Å². The van der Waals surface area contributed by atoms with Crippen molar-refractivity contribution in [3.05, 3.63) is 29.3 Å². The third-order valence-electron chi connectivity index (χ3n) is 3.84. The van der Waals surface area contributed by atoms with Crippen LogP contribution in [0, 0.1) is 0 Å². The number of benzene rings is 1. The van der Waals surface area contributed by atoms with Crippen LogP contribution < -0.4 is 15.4 Å². The van der Waals surface area contributed by atoms with Crippen LogP contribution in [0.1, 0.15) is 29.3 Å². The average Bonchev–Trinajstić information content (AvgIpc) is 2.84. The number of carbonyl (C=O) groups excluding carboxylic acids is 4. The Labute approximate surface area is 130 Å². The van der Waals surface area contributed by atoms with Crippen molar-refractivity contribution in [1.82, 2.24) is 10.6 Å². The van der Waals surface area contributed by atoms with E-state index in [1.54, 1.807) is 22.8 Å². The molecule has 0 aliphatic carbocycles. The van der Waals surface area contributed by atoms with Gasteiger partial charge in [-0.1, -0.05) is 0 Å². The van der Waals surface area contributed by atoms with Crippen molar-refractivity contribution in [3.8, 4) is 5.75 Å². The fourth-order valence-electron chi connectivity index (χ4n) is 2.64. The highest BCUT2D eigenvalue weighted by Crippen LogP contribution is 2.30. The van der Waals surface area contributed by atoms with Crippen LogP contribution in [0.3, 0.4) is 0 Å². The molecule has 8 nitrogen and oxygen atoms in total. The van der Waals surface area contributed by atoms with Crippen LogP contribution in [0.4, 0.5) is 4.79 Å². The number of hydrogen-bond acceptors (Lipinski definition) is 6. The summed E-state index contributed by atoms with van der Waals surface area (Å²) in [7, 11) is 0. The van der Waals surface area contributed by atoms with Crippen LogP contribution in [0.25, 0.3) is 0 Å². The molecule has 0 spiro atoms. The molecule has 0 unspecified atom stereocenters. The van der Waals surface area contributed by atoms with Crippen molar-refractivity contribution in [1.29, 1.82) is 0 Å². The fraction of sp³-hybridized carbons (Fsp3) is 0.333. The van der Waals surface area contributed by atoms with Gasteiger partial charge in [0.15, 0.2) is 5.78 Å². The highest BCUT2D eigenvalue weighted by molar-refractivity contribution is 6.23. The van der Waals surface area contributed by atoms with Gasteiger partial charge in [0, 0.05) is 12.0 Å². The van der Waals surface area contributed by atoms with Crippen LogP contribution >= 0.6 is 0 Å². The Morgan fingerprint density at radius 2 is 1.96 bits per heavy atom. The maximum absolute atomic E-state index is 12.3. The van der Waals surface area contributed by atoms with Crippen LogP contribution in [0.5, 0.6) is 5.75 Å². The zero-order valence-corrected chi connectivity index (χ0v) is 12.2. The van der Waals surface area contributed by atoms with E-state index in [1.165, 1.54) is 6.07 Å². The first kappa shape index (κ1) is 15.2. The maximum Gasteiger partial charge on any atom is 0.328 e. The highest BCUT2D eigenvalue weighted by Gasteiger charge is 2.50. The van der Waals surface area contributed by atoms with Crippen LogP contribution in [-0.4, -0.2) is 40.4 Å². The SMILES string of the molecule is C[C@H]1Cc2cc(C(=O)CC3(O)C(=O)NC(=O)NC3=O)ccc2O1. The van der Waals surface area contributed by atoms with Gasteiger partial charge in [0.2, 0.25) is 5.60 Å². The van der Waals surface area contributed by atoms with Crippen molar-refractivity contribution in [3.63, 3.8) is 0 Å². The Morgan fingerprint density at radius 3 is 2.61 bits per heavy atom. The average molecular weight is 318 g/mol. The largest absolute Gasteiger partial charge is 0.490 e. The Hall–Kier alpha value is -2.74. The zero-order valence-electron chi connectivity index (χ0n) is 12.2. The lowest BCUT2D eigenvalue weighted by Crippen LogP contribution is -2.67. The zero-order chi connectivity index (χ0) is 16.8. The van der Waals surface area contributed by atoms with E-state index in [1.807, 2.05) is 6.92 Å². The van der Waals surface area contributed by atoms with E-state index in [0.29, 0.717) is 12.2 Å². The second kappa shape index (κ2) is 5.17. The first-order valence-electron chi connectivity index (χ1n) is 7.01.